The van der Waals surface area contributed by atoms with E-state index >= 15 is 0 Å². The lowest BCUT2D eigenvalue weighted by atomic mass is 9.94. The van der Waals surface area contributed by atoms with Crippen LogP contribution in [-0.4, -0.2) is 57.9 Å². The number of imidazole rings is 1. The van der Waals surface area contributed by atoms with Crippen molar-refractivity contribution in [2.75, 3.05) is 32.9 Å². The van der Waals surface area contributed by atoms with Crippen LogP contribution in [0.25, 0.3) is 0 Å². The summed E-state index contributed by atoms with van der Waals surface area (Å²) in [6, 6.07) is 6.08. The van der Waals surface area contributed by atoms with E-state index in [2.05, 4.69) is 25.5 Å². The molecule has 2 atom stereocenters. The molecule has 0 radical (unpaired) electrons. The highest BCUT2D eigenvalue weighted by molar-refractivity contribution is 5.04. The molecule has 2 aromatic heterocycles. The lowest BCUT2D eigenvalue weighted by molar-refractivity contribution is -0.0563. The highest BCUT2D eigenvalue weighted by atomic mass is 16.5. The second kappa shape index (κ2) is 7.01. The van der Waals surface area contributed by atoms with E-state index < -0.39 is 0 Å². The van der Waals surface area contributed by atoms with Gasteiger partial charge in [0.15, 0.2) is 0 Å². The number of pyridine rings is 1. The summed E-state index contributed by atoms with van der Waals surface area (Å²) in [5.74, 6) is 0.512. The zero-order chi connectivity index (χ0) is 16.2. The molecule has 0 N–H and O–H groups in total. The van der Waals surface area contributed by atoms with Crippen molar-refractivity contribution in [3.8, 4) is 0 Å². The van der Waals surface area contributed by atoms with Crippen LogP contribution >= 0.6 is 0 Å². The molecule has 6 nitrogen and oxygen atoms in total. The van der Waals surface area contributed by atoms with Gasteiger partial charge in [0, 0.05) is 50.7 Å². The second-order valence-electron chi connectivity index (χ2n) is 6.91. The number of hydrogen-bond acceptors (Lipinski definition) is 5. The van der Waals surface area contributed by atoms with Crippen LogP contribution in [0.15, 0.2) is 43.1 Å². The summed E-state index contributed by atoms with van der Waals surface area (Å²) >= 11 is 0. The first kappa shape index (κ1) is 15.7. The molecule has 2 aliphatic heterocycles. The van der Waals surface area contributed by atoms with Crippen molar-refractivity contribution in [2.45, 2.75) is 25.1 Å². The van der Waals surface area contributed by atoms with Crippen LogP contribution in [0.4, 0.5) is 0 Å². The van der Waals surface area contributed by atoms with Crippen molar-refractivity contribution in [1.29, 1.82) is 0 Å². The smallest absolute Gasteiger partial charge is 0.104 e. The van der Waals surface area contributed by atoms with Crippen molar-refractivity contribution >= 4 is 0 Å². The average molecular weight is 328 g/mol. The molecule has 0 saturated carbocycles. The fraction of sp³-hybridized carbons (Fsp3) is 0.556. The fourth-order valence-corrected chi connectivity index (χ4v) is 3.80. The molecule has 0 aliphatic carbocycles. The molecule has 0 unspecified atom stereocenters. The Morgan fingerprint density at radius 3 is 3.12 bits per heavy atom. The van der Waals surface area contributed by atoms with Crippen LogP contribution in [-0.2, 0) is 22.6 Å². The number of nitrogens with zero attached hydrogens (tertiary/aromatic N) is 4. The maximum atomic E-state index is 6.27. The van der Waals surface area contributed by atoms with Gasteiger partial charge in [-0.2, -0.15) is 0 Å². The molecule has 1 spiro atoms. The van der Waals surface area contributed by atoms with Gasteiger partial charge in [-0.15, -0.1) is 0 Å². The third-order valence-corrected chi connectivity index (χ3v) is 4.85. The summed E-state index contributed by atoms with van der Waals surface area (Å²) in [6.07, 6.45) is 8.61. The number of ether oxygens (including phenoxy) is 2. The summed E-state index contributed by atoms with van der Waals surface area (Å²) in [6.45, 7) is 5.87. The number of hydrogen-bond donors (Lipinski definition) is 0. The first-order valence-corrected chi connectivity index (χ1v) is 8.61. The zero-order valence-electron chi connectivity index (χ0n) is 13.9. The van der Waals surface area contributed by atoms with Crippen molar-refractivity contribution in [3.63, 3.8) is 0 Å². The van der Waals surface area contributed by atoms with E-state index in [9.17, 15) is 0 Å². The highest BCUT2D eigenvalue weighted by Crippen LogP contribution is 2.33. The van der Waals surface area contributed by atoms with E-state index in [4.69, 9.17) is 9.47 Å². The predicted octanol–water partition coefficient (Wildman–Crippen LogP) is 1.59. The molecule has 128 valence electrons. The first-order chi connectivity index (χ1) is 11.8. The Bertz CT molecular complexity index is 634. The Hall–Kier alpha value is -1.76. The number of aromatic nitrogens is 3. The van der Waals surface area contributed by atoms with Crippen molar-refractivity contribution in [1.82, 2.24) is 19.4 Å². The molecule has 0 bridgehead atoms. The minimum Gasteiger partial charge on any atom is -0.377 e. The van der Waals surface area contributed by atoms with Gasteiger partial charge >= 0.3 is 0 Å². The quantitative estimate of drug-likeness (QED) is 0.853. The standard InChI is InChI=1S/C18H24N4O2/c1-2-4-20-17(3-1)11-21-7-8-23-14-18(13-21)9-16(12-24-18)10-22-6-5-19-15-22/h1-6,15-16H,7-14H2/t16-,18-/m1/s1. The van der Waals surface area contributed by atoms with Gasteiger partial charge in [-0.3, -0.25) is 9.88 Å². The molecule has 2 fully saturated rings. The monoisotopic (exact) mass is 328 g/mol. The molecular weight excluding hydrogens is 304 g/mol. The Morgan fingerprint density at radius 2 is 2.29 bits per heavy atom. The molecule has 2 saturated heterocycles. The molecule has 0 aromatic carbocycles. The minimum absolute atomic E-state index is 0.184. The highest BCUT2D eigenvalue weighted by Gasteiger charge is 2.43. The second-order valence-corrected chi connectivity index (χ2v) is 6.91. The lowest BCUT2D eigenvalue weighted by Crippen LogP contribution is -2.43. The third-order valence-electron chi connectivity index (χ3n) is 4.85. The van der Waals surface area contributed by atoms with E-state index in [0.29, 0.717) is 12.5 Å². The van der Waals surface area contributed by atoms with Crippen LogP contribution in [0.3, 0.4) is 0 Å². The predicted molar refractivity (Wildman–Crippen MR) is 89.4 cm³/mol. The maximum Gasteiger partial charge on any atom is 0.104 e. The van der Waals surface area contributed by atoms with E-state index in [1.165, 1.54) is 0 Å². The van der Waals surface area contributed by atoms with Crippen molar-refractivity contribution in [3.05, 3.63) is 48.8 Å². The Labute approximate surface area is 142 Å². The van der Waals surface area contributed by atoms with Gasteiger partial charge in [-0.25, -0.2) is 4.98 Å². The van der Waals surface area contributed by atoms with E-state index in [1.54, 1.807) is 0 Å². The molecular formula is C18H24N4O2. The van der Waals surface area contributed by atoms with Crippen molar-refractivity contribution in [2.24, 2.45) is 5.92 Å². The van der Waals surface area contributed by atoms with Gasteiger partial charge < -0.3 is 14.0 Å². The summed E-state index contributed by atoms with van der Waals surface area (Å²) < 4.78 is 14.3. The largest absolute Gasteiger partial charge is 0.377 e. The minimum atomic E-state index is -0.184. The van der Waals surface area contributed by atoms with Crippen LogP contribution in [0.5, 0.6) is 0 Å². The fourth-order valence-electron chi connectivity index (χ4n) is 3.80. The van der Waals surface area contributed by atoms with Gasteiger partial charge in [-0.05, 0) is 18.6 Å². The molecule has 24 heavy (non-hydrogen) atoms. The molecule has 6 heteroatoms. The van der Waals surface area contributed by atoms with Gasteiger partial charge in [0.25, 0.3) is 0 Å². The SMILES string of the molecule is c1ccc(CN2CCOC[C@@]3(C[C@H](Cn4ccnc4)CO3)C2)nc1. The summed E-state index contributed by atoms with van der Waals surface area (Å²) in [4.78, 5) is 11.0. The summed E-state index contributed by atoms with van der Waals surface area (Å²) in [5.41, 5.74) is 0.916. The summed E-state index contributed by atoms with van der Waals surface area (Å²) in [7, 11) is 0. The third kappa shape index (κ3) is 3.66. The zero-order valence-corrected chi connectivity index (χ0v) is 13.9. The number of rotatable bonds is 4. The summed E-state index contributed by atoms with van der Waals surface area (Å²) in [5, 5.41) is 0. The maximum absolute atomic E-state index is 6.27. The van der Waals surface area contributed by atoms with Crippen LogP contribution in [0.2, 0.25) is 0 Å². The van der Waals surface area contributed by atoms with E-state index in [0.717, 1.165) is 51.5 Å². The Balaban J connectivity index is 1.40. The average Bonchev–Trinajstić information content (AvgIpc) is 3.19. The molecule has 2 aliphatic rings. The van der Waals surface area contributed by atoms with Gasteiger partial charge in [0.2, 0.25) is 0 Å². The topological polar surface area (TPSA) is 52.4 Å². The Morgan fingerprint density at radius 1 is 1.29 bits per heavy atom. The van der Waals surface area contributed by atoms with Gasteiger partial charge in [0.05, 0.1) is 31.8 Å². The van der Waals surface area contributed by atoms with Gasteiger partial charge in [0.1, 0.15) is 5.60 Å². The molecule has 4 rings (SSSR count). The Kier molecular flexibility index (Phi) is 4.60. The molecule has 4 heterocycles. The molecule has 2 aromatic rings. The molecule has 0 amide bonds. The first-order valence-electron chi connectivity index (χ1n) is 8.61. The van der Waals surface area contributed by atoms with Gasteiger partial charge in [-0.1, -0.05) is 6.07 Å². The normalized spacial score (nSPS) is 28.2. The van der Waals surface area contributed by atoms with E-state index in [-0.39, 0.29) is 5.60 Å². The van der Waals surface area contributed by atoms with Crippen LogP contribution in [0, 0.1) is 5.92 Å². The van der Waals surface area contributed by atoms with Crippen LogP contribution in [0.1, 0.15) is 12.1 Å². The van der Waals surface area contributed by atoms with Crippen LogP contribution < -0.4 is 0 Å². The lowest BCUT2D eigenvalue weighted by Gasteiger charge is -2.31. The van der Waals surface area contributed by atoms with E-state index in [1.807, 2.05) is 37.1 Å². The van der Waals surface area contributed by atoms with Crippen molar-refractivity contribution < 1.29 is 9.47 Å².